The molecule has 6 heteroatoms. The molecule has 1 aliphatic heterocycles. The molecule has 0 radical (unpaired) electrons. The molecule has 0 saturated carbocycles. The standard InChI is InChI=1S/C18H17N5O/c1-10-6-17-16(21-22-23(17)3)8-14(10)18(24)20-13-5-4-12-9-19-11(2)15(12)7-13/h4-8H,9H2,1-3H3,(H,20,24). The molecule has 6 nitrogen and oxygen atoms in total. The Labute approximate surface area is 139 Å². The highest BCUT2D eigenvalue weighted by Crippen LogP contribution is 2.24. The predicted molar refractivity (Wildman–Crippen MR) is 93.6 cm³/mol. The highest BCUT2D eigenvalue weighted by molar-refractivity contribution is 6.08. The Morgan fingerprint density at radius 1 is 1.21 bits per heavy atom. The first-order chi connectivity index (χ1) is 11.5. The molecule has 0 atom stereocenters. The number of anilines is 1. The first-order valence-corrected chi connectivity index (χ1v) is 7.78. The van der Waals surface area contributed by atoms with Gasteiger partial charge in [-0.2, -0.15) is 0 Å². The van der Waals surface area contributed by atoms with Crippen LogP contribution >= 0.6 is 0 Å². The SMILES string of the molecule is CC1=NCc2ccc(NC(=O)c3cc4nnn(C)c4cc3C)cc21. The first kappa shape index (κ1) is 14.6. The Bertz CT molecular complexity index is 1020. The molecule has 0 unspecified atom stereocenters. The number of nitrogens with one attached hydrogen (secondary N) is 1. The van der Waals surface area contributed by atoms with Gasteiger partial charge in [0.25, 0.3) is 5.91 Å². The molecule has 0 bridgehead atoms. The number of aromatic nitrogens is 3. The van der Waals surface area contributed by atoms with Crippen molar-refractivity contribution in [1.82, 2.24) is 15.0 Å². The zero-order valence-corrected chi connectivity index (χ0v) is 13.8. The minimum atomic E-state index is -0.146. The van der Waals surface area contributed by atoms with Gasteiger partial charge in [0.05, 0.1) is 12.1 Å². The fraction of sp³-hybridized carbons (Fsp3) is 0.222. The summed E-state index contributed by atoms with van der Waals surface area (Å²) in [5.41, 5.74) is 7.21. The molecule has 1 amide bonds. The van der Waals surface area contributed by atoms with Crippen molar-refractivity contribution in [1.29, 1.82) is 0 Å². The third-order valence-electron chi connectivity index (χ3n) is 4.45. The van der Waals surface area contributed by atoms with Gasteiger partial charge in [0.2, 0.25) is 0 Å². The molecule has 3 aromatic rings. The first-order valence-electron chi connectivity index (χ1n) is 7.78. The molecule has 0 spiro atoms. The van der Waals surface area contributed by atoms with Crippen molar-refractivity contribution in [3.05, 3.63) is 52.6 Å². The lowest BCUT2D eigenvalue weighted by Gasteiger charge is -2.10. The average Bonchev–Trinajstić information content (AvgIpc) is 3.10. The summed E-state index contributed by atoms with van der Waals surface area (Å²) in [5, 5.41) is 11.0. The van der Waals surface area contributed by atoms with Gasteiger partial charge in [-0.05, 0) is 49.2 Å². The number of hydrogen-bond acceptors (Lipinski definition) is 4. The molecule has 4 rings (SSSR count). The molecule has 1 aromatic heterocycles. The van der Waals surface area contributed by atoms with Crippen molar-refractivity contribution in [2.45, 2.75) is 20.4 Å². The minimum Gasteiger partial charge on any atom is -0.322 e. The third kappa shape index (κ3) is 2.27. The van der Waals surface area contributed by atoms with E-state index in [4.69, 9.17) is 0 Å². The van der Waals surface area contributed by atoms with E-state index in [2.05, 4.69) is 20.6 Å². The minimum absolute atomic E-state index is 0.146. The van der Waals surface area contributed by atoms with Crippen molar-refractivity contribution in [3.8, 4) is 0 Å². The van der Waals surface area contributed by atoms with Crippen molar-refractivity contribution in [2.24, 2.45) is 12.0 Å². The molecular weight excluding hydrogens is 302 g/mol. The van der Waals surface area contributed by atoms with Gasteiger partial charge in [0.1, 0.15) is 5.52 Å². The summed E-state index contributed by atoms with van der Waals surface area (Å²) >= 11 is 0. The van der Waals surface area contributed by atoms with E-state index in [0.717, 1.165) is 34.6 Å². The molecule has 2 aromatic carbocycles. The van der Waals surface area contributed by atoms with Crippen molar-refractivity contribution >= 4 is 28.3 Å². The summed E-state index contributed by atoms with van der Waals surface area (Å²) < 4.78 is 1.70. The van der Waals surface area contributed by atoms with Gasteiger partial charge in [-0.15, -0.1) is 5.10 Å². The maximum absolute atomic E-state index is 12.7. The van der Waals surface area contributed by atoms with Crippen LogP contribution in [0.2, 0.25) is 0 Å². The highest BCUT2D eigenvalue weighted by atomic mass is 16.1. The molecule has 1 N–H and O–H groups in total. The second-order valence-electron chi connectivity index (χ2n) is 6.10. The Kier molecular flexibility index (Phi) is 3.19. The van der Waals surface area contributed by atoms with E-state index < -0.39 is 0 Å². The van der Waals surface area contributed by atoms with Crippen LogP contribution in [0, 0.1) is 6.92 Å². The van der Waals surface area contributed by atoms with Gasteiger partial charge in [-0.25, -0.2) is 4.68 Å². The smallest absolute Gasteiger partial charge is 0.256 e. The predicted octanol–water partition coefficient (Wildman–Crippen LogP) is 2.85. The number of amides is 1. The maximum atomic E-state index is 12.7. The average molecular weight is 319 g/mol. The highest BCUT2D eigenvalue weighted by Gasteiger charge is 2.16. The lowest BCUT2D eigenvalue weighted by Crippen LogP contribution is -2.14. The molecule has 0 saturated heterocycles. The van der Waals surface area contributed by atoms with E-state index in [1.54, 1.807) is 10.7 Å². The fourth-order valence-electron chi connectivity index (χ4n) is 3.04. The summed E-state index contributed by atoms with van der Waals surface area (Å²) in [6.45, 7) is 4.63. The lowest BCUT2D eigenvalue weighted by atomic mass is 10.0. The number of nitrogens with zero attached hydrogens (tertiary/aromatic N) is 4. The lowest BCUT2D eigenvalue weighted by molar-refractivity contribution is 0.102. The monoisotopic (exact) mass is 319 g/mol. The van der Waals surface area contributed by atoms with Crippen LogP contribution in [-0.4, -0.2) is 26.6 Å². The topological polar surface area (TPSA) is 72.2 Å². The zero-order valence-electron chi connectivity index (χ0n) is 13.8. The number of aliphatic imine (C=N–C) groups is 1. The largest absolute Gasteiger partial charge is 0.322 e. The summed E-state index contributed by atoms with van der Waals surface area (Å²) in [5.74, 6) is -0.146. The van der Waals surface area contributed by atoms with Gasteiger partial charge in [0.15, 0.2) is 0 Å². The summed E-state index contributed by atoms with van der Waals surface area (Å²) in [6, 6.07) is 9.64. The molecule has 120 valence electrons. The summed E-state index contributed by atoms with van der Waals surface area (Å²) in [4.78, 5) is 17.1. The van der Waals surface area contributed by atoms with Crippen LogP contribution in [0.1, 0.15) is 34.0 Å². The molecule has 0 fully saturated rings. The Balaban J connectivity index is 1.66. The maximum Gasteiger partial charge on any atom is 0.256 e. The van der Waals surface area contributed by atoms with Gasteiger partial charge >= 0.3 is 0 Å². The van der Waals surface area contributed by atoms with Crippen molar-refractivity contribution in [3.63, 3.8) is 0 Å². The van der Waals surface area contributed by atoms with Crippen LogP contribution in [0.15, 0.2) is 35.3 Å². The summed E-state index contributed by atoms with van der Waals surface area (Å²) in [7, 11) is 1.84. The Morgan fingerprint density at radius 3 is 2.88 bits per heavy atom. The number of fused-ring (bicyclic) bond motifs is 2. The van der Waals surface area contributed by atoms with Crippen molar-refractivity contribution < 1.29 is 4.79 Å². The number of rotatable bonds is 2. The number of carbonyl (C=O) groups excluding carboxylic acids is 1. The van der Waals surface area contributed by atoms with Crippen LogP contribution in [0.3, 0.4) is 0 Å². The van der Waals surface area contributed by atoms with E-state index in [0.29, 0.717) is 11.1 Å². The van der Waals surface area contributed by atoms with Gasteiger partial charge in [-0.1, -0.05) is 11.3 Å². The van der Waals surface area contributed by atoms with E-state index in [9.17, 15) is 4.79 Å². The van der Waals surface area contributed by atoms with E-state index in [1.165, 1.54) is 5.56 Å². The Morgan fingerprint density at radius 2 is 2.04 bits per heavy atom. The molecular formula is C18H17N5O. The summed E-state index contributed by atoms with van der Waals surface area (Å²) in [6.07, 6.45) is 0. The molecule has 24 heavy (non-hydrogen) atoms. The third-order valence-corrected chi connectivity index (χ3v) is 4.45. The second-order valence-corrected chi connectivity index (χ2v) is 6.10. The quantitative estimate of drug-likeness (QED) is 0.789. The Hall–Kier alpha value is -3.02. The van der Waals surface area contributed by atoms with Gasteiger partial charge in [0, 0.05) is 29.6 Å². The van der Waals surface area contributed by atoms with E-state index in [1.807, 2.05) is 45.2 Å². The molecule has 1 aliphatic rings. The van der Waals surface area contributed by atoms with E-state index in [-0.39, 0.29) is 5.91 Å². The second kappa shape index (κ2) is 5.26. The molecule has 0 aliphatic carbocycles. The van der Waals surface area contributed by atoms with E-state index >= 15 is 0 Å². The van der Waals surface area contributed by atoms with Crippen LogP contribution in [0.4, 0.5) is 5.69 Å². The van der Waals surface area contributed by atoms with Crippen LogP contribution in [-0.2, 0) is 13.6 Å². The number of carbonyl (C=O) groups is 1. The fourth-order valence-corrected chi connectivity index (χ4v) is 3.04. The van der Waals surface area contributed by atoms with Gasteiger partial charge < -0.3 is 5.32 Å². The van der Waals surface area contributed by atoms with Crippen LogP contribution in [0.5, 0.6) is 0 Å². The van der Waals surface area contributed by atoms with Crippen molar-refractivity contribution in [2.75, 3.05) is 5.32 Å². The number of hydrogen-bond donors (Lipinski definition) is 1. The van der Waals surface area contributed by atoms with Gasteiger partial charge in [-0.3, -0.25) is 9.79 Å². The number of aryl methyl sites for hydroxylation is 2. The normalized spacial score (nSPS) is 13.0. The number of benzene rings is 2. The molecule has 2 heterocycles. The zero-order chi connectivity index (χ0) is 16.8. The van der Waals surface area contributed by atoms with Crippen LogP contribution in [0.25, 0.3) is 11.0 Å². The van der Waals surface area contributed by atoms with Crippen LogP contribution < -0.4 is 5.32 Å².